The van der Waals surface area contributed by atoms with Crippen LogP contribution in [-0.4, -0.2) is 27.8 Å². The van der Waals surface area contributed by atoms with Crippen molar-refractivity contribution in [2.75, 3.05) is 17.7 Å². The summed E-state index contributed by atoms with van der Waals surface area (Å²) in [6.07, 6.45) is 2.13. The largest absolute Gasteiger partial charge is 0.497 e. The van der Waals surface area contributed by atoms with Crippen molar-refractivity contribution in [2.24, 2.45) is 0 Å². The molecule has 0 saturated heterocycles. The summed E-state index contributed by atoms with van der Waals surface area (Å²) in [7, 11) is 1.64. The first-order chi connectivity index (χ1) is 15.6. The van der Waals surface area contributed by atoms with Crippen LogP contribution in [0.15, 0.2) is 71.3 Å². The minimum atomic E-state index is -0.418. The molecule has 1 aliphatic heterocycles. The zero-order chi connectivity index (χ0) is 22.1. The van der Waals surface area contributed by atoms with Gasteiger partial charge in [0.05, 0.1) is 25.5 Å². The van der Waals surface area contributed by atoms with Crippen molar-refractivity contribution in [3.63, 3.8) is 0 Å². The van der Waals surface area contributed by atoms with E-state index < -0.39 is 5.91 Å². The van der Waals surface area contributed by atoms with Crippen LogP contribution in [0.5, 0.6) is 5.75 Å². The highest BCUT2D eigenvalue weighted by atomic mass is 35.5. The maximum absolute atomic E-state index is 12.4. The molecule has 4 aromatic rings. The number of fused-ring (bicyclic) bond motifs is 1. The molecule has 3 heterocycles. The van der Waals surface area contributed by atoms with Crippen molar-refractivity contribution in [1.29, 1.82) is 0 Å². The zero-order valence-corrected chi connectivity index (χ0v) is 17.9. The molecule has 0 saturated carbocycles. The predicted molar refractivity (Wildman–Crippen MR) is 120 cm³/mol. The number of nitrogens with zero attached hydrogens (tertiary/aromatic N) is 3. The van der Waals surface area contributed by atoms with E-state index in [1.165, 1.54) is 6.26 Å². The summed E-state index contributed by atoms with van der Waals surface area (Å²) >= 11 is 6.54. The molecule has 0 radical (unpaired) electrons. The highest BCUT2D eigenvalue weighted by Crippen LogP contribution is 2.40. The summed E-state index contributed by atoms with van der Waals surface area (Å²) in [4.78, 5) is 16.9. The second-order valence-corrected chi connectivity index (χ2v) is 7.79. The van der Waals surface area contributed by atoms with Gasteiger partial charge in [0.25, 0.3) is 11.9 Å². The molecule has 0 fully saturated rings. The van der Waals surface area contributed by atoms with Crippen molar-refractivity contribution in [3.05, 3.63) is 88.8 Å². The fourth-order valence-electron chi connectivity index (χ4n) is 3.86. The van der Waals surface area contributed by atoms with Crippen LogP contribution < -0.4 is 15.4 Å². The molecule has 2 atom stereocenters. The first kappa shape index (κ1) is 20.1. The number of hydrogen-bond acceptors (Lipinski definition) is 6. The van der Waals surface area contributed by atoms with Crippen LogP contribution >= 0.6 is 11.6 Å². The third kappa shape index (κ3) is 3.80. The van der Waals surface area contributed by atoms with Gasteiger partial charge in [-0.25, -0.2) is 4.68 Å². The highest BCUT2D eigenvalue weighted by Gasteiger charge is 2.32. The highest BCUT2D eigenvalue weighted by molar-refractivity contribution is 6.31. The van der Waals surface area contributed by atoms with Gasteiger partial charge in [0.15, 0.2) is 5.76 Å². The van der Waals surface area contributed by atoms with E-state index in [4.69, 9.17) is 20.8 Å². The van der Waals surface area contributed by atoms with Crippen LogP contribution in [-0.2, 0) is 0 Å². The topological polar surface area (TPSA) is 94.2 Å². The number of methoxy groups -OCH3 is 1. The van der Waals surface area contributed by atoms with Crippen LogP contribution in [0.25, 0.3) is 0 Å². The van der Waals surface area contributed by atoms with Gasteiger partial charge in [0.2, 0.25) is 5.95 Å². The fraction of sp³-hybridized carbons (Fsp3) is 0.174. The lowest BCUT2D eigenvalue weighted by Crippen LogP contribution is -2.28. The minimum absolute atomic E-state index is 0.0347. The Kier molecular flexibility index (Phi) is 5.28. The zero-order valence-electron chi connectivity index (χ0n) is 17.2. The molecule has 162 valence electrons. The number of carbonyl (C=O) groups excluding carboxylic acids is 1. The van der Waals surface area contributed by atoms with Gasteiger partial charge in [-0.15, -0.1) is 5.10 Å². The van der Waals surface area contributed by atoms with Gasteiger partial charge < -0.3 is 14.5 Å². The normalized spacial score (nSPS) is 17.3. The quantitative estimate of drug-likeness (QED) is 0.448. The third-order valence-electron chi connectivity index (χ3n) is 5.44. The molecule has 1 amide bonds. The molecular weight excluding hydrogens is 430 g/mol. The Morgan fingerprint density at radius 2 is 2.00 bits per heavy atom. The lowest BCUT2D eigenvalue weighted by molar-refractivity contribution is 0.0995. The van der Waals surface area contributed by atoms with Crippen LogP contribution in [0.1, 0.15) is 40.2 Å². The lowest BCUT2D eigenvalue weighted by Gasteiger charge is -2.32. The Bertz CT molecular complexity index is 1240. The number of rotatable bonds is 5. The van der Waals surface area contributed by atoms with Crippen LogP contribution in [0.4, 0.5) is 11.9 Å². The van der Waals surface area contributed by atoms with Crippen molar-refractivity contribution < 1.29 is 13.9 Å². The van der Waals surface area contributed by atoms with E-state index >= 15 is 0 Å². The lowest BCUT2D eigenvalue weighted by atomic mass is 9.93. The van der Waals surface area contributed by atoms with E-state index in [9.17, 15) is 4.79 Å². The summed E-state index contributed by atoms with van der Waals surface area (Å²) < 4.78 is 12.2. The smallest absolute Gasteiger partial charge is 0.293 e. The SMILES string of the molecule is COc1ccc([C@H]2C[C@@H](c3ccccc3Cl)n3nc(NC(=O)c4ccco4)nc3N2)cc1. The summed E-state index contributed by atoms with van der Waals surface area (Å²) in [5.74, 6) is 1.28. The van der Waals surface area contributed by atoms with E-state index in [1.807, 2.05) is 48.5 Å². The van der Waals surface area contributed by atoms with Crippen molar-refractivity contribution in [1.82, 2.24) is 14.8 Å². The summed E-state index contributed by atoms with van der Waals surface area (Å²) in [6, 6.07) is 18.6. The number of carbonyl (C=O) groups is 1. The molecule has 0 spiro atoms. The summed E-state index contributed by atoms with van der Waals surface area (Å²) in [5, 5.41) is 11.3. The summed E-state index contributed by atoms with van der Waals surface area (Å²) in [5.41, 5.74) is 2.02. The number of furan rings is 1. The fourth-order valence-corrected chi connectivity index (χ4v) is 4.12. The molecule has 0 aliphatic carbocycles. The second-order valence-electron chi connectivity index (χ2n) is 7.38. The van der Waals surface area contributed by atoms with Crippen LogP contribution in [0.2, 0.25) is 5.02 Å². The third-order valence-corrected chi connectivity index (χ3v) is 5.79. The first-order valence-corrected chi connectivity index (χ1v) is 10.5. The van der Waals surface area contributed by atoms with Gasteiger partial charge in [-0.3, -0.25) is 10.1 Å². The number of anilines is 2. The van der Waals surface area contributed by atoms with Gasteiger partial charge in [0.1, 0.15) is 5.75 Å². The van der Waals surface area contributed by atoms with Gasteiger partial charge >= 0.3 is 0 Å². The Hall–Kier alpha value is -3.78. The van der Waals surface area contributed by atoms with Gasteiger partial charge in [-0.2, -0.15) is 4.98 Å². The van der Waals surface area contributed by atoms with Crippen molar-refractivity contribution >= 4 is 29.4 Å². The molecule has 2 aromatic heterocycles. The monoisotopic (exact) mass is 449 g/mol. The van der Waals surface area contributed by atoms with E-state index in [2.05, 4.69) is 20.7 Å². The van der Waals surface area contributed by atoms with E-state index in [-0.39, 0.29) is 23.8 Å². The number of nitrogens with one attached hydrogen (secondary N) is 2. The number of benzene rings is 2. The average Bonchev–Trinajstić information content (AvgIpc) is 3.49. The maximum Gasteiger partial charge on any atom is 0.293 e. The van der Waals surface area contributed by atoms with Crippen LogP contribution in [0.3, 0.4) is 0 Å². The maximum atomic E-state index is 12.4. The molecule has 8 nitrogen and oxygen atoms in total. The van der Waals surface area contributed by atoms with Crippen molar-refractivity contribution in [3.8, 4) is 5.75 Å². The molecular formula is C23H20ClN5O3. The average molecular weight is 450 g/mol. The second kappa shape index (κ2) is 8.39. The molecule has 9 heteroatoms. The molecule has 2 N–H and O–H groups in total. The standard InChI is InChI=1S/C23H20ClN5O3/c1-31-15-10-8-14(9-11-15)18-13-19(16-5-2-3-6-17(16)24)29-23(25-18)27-22(28-29)26-21(30)20-7-4-12-32-20/h2-12,18-19H,13H2,1H3,(H2,25,26,27,28,30)/t18-,19+/m1/s1. The number of aromatic nitrogens is 3. The Labute approximate surface area is 189 Å². The Morgan fingerprint density at radius 1 is 1.19 bits per heavy atom. The van der Waals surface area contributed by atoms with E-state index in [1.54, 1.807) is 23.9 Å². The van der Waals surface area contributed by atoms with Crippen LogP contribution in [0, 0.1) is 0 Å². The predicted octanol–water partition coefficient (Wildman–Crippen LogP) is 4.93. The molecule has 0 unspecified atom stereocenters. The molecule has 32 heavy (non-hydrogen) atoms. The van der Waals surface area contributed by atoms with Crippen molar-refractivity contribution in [2.45, 2.75) is 18.5 Å². The Morgan fingerprint density at radius 3 is 2.72 bits per heavy atom. The number of halogens is 1. The van der Waals surface area contributed by atoms with Gasteiger partial charge in [-0.05, 0) is 47.9 Å². The summed E-state index contributed by atoms with van der Waals surface area (Å²) in [6.45, 7) is 0. The number of ether oxygens (including phenoxy) is 1. The number of hydrogen-bond donors (Lipinski definition) is 2. The molecule has 0 bridgehead atoms. The number of amides is 1. The Balaban J connectivity index is 1.50. The molecule has 1 aliphatic rings. The van der Waals surface area contributed by atoms with E-state index in [0.29, 0.717) is 17.4 Å². The van der Waals surface area contributed by atoms with E-state index in [0.717, 1.165) is 16.9 Å². The first-order valence-electron chi connectivity index (χ1n) is 10.1. The molecule has 2 aromatic carbocycles. The van der Waals surface area contributed by atoms with Gasteiger partial charge in [0, 0.05) is 5.02 Å². The molecule has 5 rings (SSSR count). The van der Waals surface area contributed by atoms with Gasteiger partial charge in [-0.1, -0.05) is 41.9 Å². The minimum Gasteiger partial charge on any atom is -0.497 e.